The number of aliphatic hydroxyl groups is 2. The lowest BCUT2D eigenvalue weighted by molar-refractivity contribution is -0.136. The lowest BCUT2D eigenvalue weighted by Gasteiger charge is -2.12. The van der Waals surface area contributed by atoms with Crippen molar-refractivity contribution in [2.24, 2.45) is 5.92 Å². The van der Waals surface area contributed by atoms with Gasteiger partial charge < -0.3 is 15.3 Å². The summed E-state index contributed by atoms with van der Waals surface area (Å²) in [6.45, 7) is 4.09. The molecule has 0 rings (SSSR count). The second-order valence-electron chi connectivity index (χ2n) is 6.19. The van der Waals surface area contributed by atoms with Crippen molar-refractivity contribution in [2.45, 2.75) is 64.6 Å². The summed E-state index contributed by atoms with van der Waals surface area (Å²) in [6.07, 6.45) is 21.4. The van der Waals surface area contributed by atoms with E-state index in [4.69, 9.17) is 5.11 Å². The van der Waals surface area contributed by atoms with Gasteiger partial charge in [0.2, 0.25) is 0 Å². The Morgan fingerprint density at radius 3 is 2.23 bits per heavy atom. The predicted molar refractivity (Wildman–Crippen MR) is 108 cm³/mol. The summed E-state index contributed by atoms with van der Waals surface area (Å²) in [5.74, 6) is -0.632. The molecule has 0 bridgehead atoms. The first-order valence-electron chi connectivity index (χ1n) is 9.35. The van der Waals surface area contributed by atoms with Crippen LogP contribution in [0.4, 0.5) is 0 Å². The number of carboxylic acids is 1. The van der Waals surface area contributed by atoms with E-state index >= 15 is 0 Å². The van der Waals surface area contributed by atoms with E-state index in [0.29, 0.717) is 12.8 Å². The van der Waals surface area contributed by atoms with E-state index in [-0.39, 0.29) is 12.3 Å². The Morgan fingerprint density at radius 1 is 0.885 bits per heavy atom. The number of carbonyl (C=O) groups is 1. The van der Waals surface area contributed by atoms with E-state index in [0.717, 1.165) is 19.3 Å². The van der Waals surface area contributed by atoms with E-state index in [1.165, 1.54) is 0 Å². The van der Waals surface area contributed by atoms with Crippen molar-refractivity contribution in [1.29, 1.82) is 0 Å². The van der Waals surface area contributed by atoms with Crippen molar-refractivity contribution < 1.29 is 20.1 Å². The second-order valence-corrected chi connectivity index (χ2v) is 6.19. The molecule has 3 atom stereocenters. The summed E-state index contributed by atoms with van der Waals surface area (Å²) in [6, 6.07) is 0. The van der Waals surface area contributed by atoms with Crippen molar-refractivity contribution in [2.75, 3.05) is 0 Å². The molecular formula is C22H34O4. The molecule has 4 nitrogen and oxygen atoms in total. The van der Waals surface area contributed by atoms with Gasteiger partial charge in [0.05, 0.1) is 12.2 Å². The Labute approximate surface area is 157 Å². The van der Waals surface area contributed by atoms with Crippen molar-refractivity contribution in [3.05, 3.63) is 60.8 Å². The van der Waals surface area contributed by atoms with Crippen LogP contribution < -0.4 is 0 Å². The van der Waals surface area contributed by atoms with Gasteiger partial charge in [-0.25, -0.2) is 0 Å². The molecule has 0 aromatic rings. The van der Waals surface area contributed by atoms with Gasteiger partial charge in [-0.05, 0) is 38.0 Å². The molecule has 0 saturated carbocycles. The Balaban J connectivity index is 4.05. The van der Waals surface area contributed by atoms with Gasteiger partial charge in [-0.3, -0.25) is 4.79 Å². The number of rotatable bonds is 14. The van der Waals surface area contributed by atoms with Crippen LogP contribution in [-0.2, 0) is 4.79 Å². The highest BCUT2D eigenvalue weighted by Crippen LogP contribution is 2.07. The molecule has 4 heteroatoms. The summed E-state index contributed by atoms with van der Waals surface area (Å²) in [5, 5.41) is 28.4. The van der Waals surface area contributed by atoms with Crippen molar-refractivity contribution in [3.63, 3.8) is 0 Å². The molecule has 0 spiro atoms. The maximum Gasteiger partial charge on any atom is 0.303 e. The van der Waals surface area contributed by atoms with Crippen LogP contribution in [0, 0.1) is 5.92 Å². The molecule has 0 aliphatic carbocycles. The molecule has 0 aliphatic heterocycles. The highest BCUT2D eigenvalue weighted by Gasteiger charge is 2.11. The van der Waals surface area contributed by atoms with Gasteiger partial charge in [0, 0.05) is 6.42 Å². The zero-order valence-electron chi connectivity index (χ0n) is 16.0. The van der Waals surface area contributed by atoms with Crippen LogP contribution in [0.25, 0.3) is 0 Å². The van der Waals surface area contributed by atoms with Gasteiger partial charge in [0.15, 0.2) is 0 Å². The van der Waals surface area contributed by atoms with Crippen LogP contribution in [0.1, 0.15) is 52.4 Å². The molecule has 0 aromatic carbocycles. The minimum absolute atomic E-state index is 0.152. The fraction of sp³-hybridized carbons (Fsp3) is 0.500. The second kappa shape index (κ2) is 16.6. The Kier molecular flexibility index (Phi) is 15.3. The SMILES string of the molecule is CC/C=C\C/C=C\CC(O)C(O)/C=C\C(C)/C=C\C/C=C\CCC(=O)O. The number of aliphatic hydroxyl groups excluding tert-OH is 2. The third kappa shape index (κ3) is 15.6. The van der Waals surface area contributed by atoms with Crippen LogP contribution in [0.2, 0.25) is 0 Å². The smallest absolute Gasteiger partial charge is 0.303 e. The summed E-state index contributed by atoms with van der Waals surface area (Å²) in [7, 11) is 0. The summed E-state index contributed by atoms with van der Waals surface area (Å²) in [5.41, 5.74) is 0. The monoisotopic (exact) mass is 362 g/mol. The first kappa shape index (κ1) is 24.1. The fourth-order valence-corrected chi connectivity index (χ4v) is 2.09. The maximum atomic E-state index is 10.4. The molecule has 0 fully saturated rings. The number of aliphatic carboxylic acids is 1. The van der Waals surface area contributed by atoms with Crippen LogP contribution in [0.5, 0.6) is 0 Å². The number of carboxylic acid groups (broad SMARTS) is 1. The molecule has 0 aromatic heterocycles. The van der Waals surface area contributed by atoms with Crippen LogP contribution >= 0.6 is 0 Å². The minimum Gasteiger partial charge on any atom is -0.481 e. The Bertz CT molecular complexity index is 500. The quantitative estimate of drug-likeness (QED) is 0.396. The zero-order valence-corrected chi connectivity index (χ0v) is 16.0. The topological polar surface area (TPSA) is 77.8 Å². The highest BCUT2D eigenvalue weighted by atomic mass is 16.4. The molecule has 0 amide bonds. The van der Waals surface area contributed by atoms with Crippen molar-refractivity contribution >= 4 is 5.97 Å². The van der Waals surface area contributed by atoms with Crippen LogP contribution in [-0.4, -0.2) is 33.5 Å². The van der Waals surface area contributed by atoms with Gasteiger partial charge in [0.1, 0.15) is 0 Å². The standard InChI is InChI=1S/C22H34O4/c1-3-4-5-6-9-12-15-20(23)21(24)18-17-19(2)14-11-8-7-10-13-16-22(25)26/h4-5,7,9-12,14,17-21,23-24H,3,6,8,13,15-16H2,1-2H3,(H,25,26)/b5-4-,10-7-,12-9-,14-11-,18-17-. The van der Waals surface area contributed by atoms with E-state index in [1.807, 2.05) is 49.5 Å². The average Bonchev–Trinajstić information content (AvgIpc) is 2.61. The molecule has 146 valence electrons. The van der Waals surface area contributed by atoms with Gasteiger partial charge in [-0.15, -0.1) is 0 Å². The Hall–Kier alpha value is -1.91. The maximum absolute atomic E-state index is 10.4. The third-order valence-corrected chi connectivity index (χ3v) is 3.63. The minimum atomic E-state index is -0.877. The van der Waals surface area contributed by atoms with Crippen LogP contribution in [0.15, 0.2) is 60.8 Å². The highest BCUT2D eigenvalue weighted by molar-refractivity contribution is 5.66. The number of hydrogen-bond donors (Lipinski definition) is 3. The summed E-state index contributed by atoms with van der Waals surface area (Å²) >= 11 is 0. The first-order chi connectivity index (χ1) is 12.5. The molecule has 0 aliphatic rings. The molecule has 0 radical (unpaired) electrons. The van der Waals surface area contributed by atoms with E-state index in [1.54, 1.807) is 6.08 Å². The van der Waals surface area contributed by atoms with E-state index < -0.39 is 18.2 Å². The van der Waals surface area contributed by atoms with E-state index in [9.17, 15) is 15.0 Å². The normalized spacial score (nSPS) is 16.5. The first-order valence-corrected chi connectivity index (χ1v) is 9.35. The van der Waals surface area contributed by atoms with Gasteiger partial charge in [0.25, 0.3) is 0 Å². The molecule has 0 saturated heterocycles. The molecule has 26 heavy (non-hydrogen) atoms. The fourth-order valence-electron chi connectivity index (χ4n) is 2.09. The summed E-state index contributed by atoms with van der Waals surface area (Å²) in [4.78, 5) is 10.4. The van der Waals surface area contributed by atoms with Crippen LogP contribution in [0.3, 0.4) is 0 Å². The zero-order chi connectivity index (χ0) is 19.6. The number of hydrogen-bond acceptors (Lipinski definition) is 3. The average molecular weight is 363 g/mol. The van der Waals surface area contributed by atoms with Crippen molar-refractivity contribution in [3.8, 4) is 0 Å². The molecule has 3 unspecified atom stereocenters. The number of allylic oxidation sites excluding steroid dienone is 8. The Morgan fingerprint density at radius 2 is 1.54 bits per heavy atom. The lowest BCUT2D eigenvalue weighted by atomic mass is 10.1. The largest absolute Gasteiger partial charge is 0.481 e. The van der Waals surface area contributed by atoms with E-state index in [2.05, 4.69) is 19.1 Å². The predicted octanol–water partition coefficient (Wildman–Crippen LogP) is 4.57. The third-order valence-electron chi connectivity index (χ3n) is 3.63. The lowest BCUT2D eigenvalue weighted by Crippen LogP contribution is -2.23. The molecule has 0 heterocycles. The molecule has 3 N–H and O–H groups in total. The van der Waals surface area contributed by atoms with Gasteiger partial charge >= 0.3 is 5.97 Å². The van der Waals surface area contributed by atoms with Crippen molar-refractivity contribution in [1.82, 2.24) is 0 Å². The summed E-state index contributed by atoms with van der Waals surface area (Å²) < 4.78 is 0. The molecular weight excluding hydrogens is 328 g/mol. The van der Waals surface area contributed by atoms with Gasteiger partial charge in [-0.2, -0.15) is 0 Å². The van der Waals surface area contributed by atoms with Gasteiger partial charge in [-0.1, -0.05) is 74.6 Å².